The number of hydrogen-bond donors (Lipinski definition) is 2. The quantitative estimate of drug-likeness (QED) is 0.478. The van der Waals surface area contributed by atoms with Crippen molar-refractivity contribution in [1.29, 1.82) is 0 Å². The van der Waals surface area contributed by atoms with E-state index in [4.69, 9.17) is 13.9 Å². The number of hydrogen-bond acceptors (Lipinski definition) is 6. The molecule has 3 rings (SSSR count). The van der Waals surface area contributed by atoms with Crippen molar-refractivity contribution >= 4 is 28.8 Å². The van der Waals surface area contributed by atoms with Crippen LogP contribution in [0.3, 0.4) is 0 Å². The Labute approximate surface area is 173 Å². The number of carbonyl (C=O) groups is 3. The molecule has 0 bridgehead atoms. The molecule has 1 heterocycles. The number of rotatable bonds is 6. The second-order valence-electron chi connectivity index (χ2n) is 6.50. The summed E-state index contributed by atoms with van der Waals surface area (Å²) in [6.07, 6.45) is -1.15. The van der Waals surface area contributed by atoms with Gasteiger partial charge in [-0.15, -0.1) is 0 Å². The highest BCUT2D eigenvalue weighted by Crippen LogP contribution is 2.29. The van der Waals surface area contributed by atoms with E-state index in [-0.39, 0.29) is 5.76 Å². The van der Waals surface area contributed by atoms with Crippen molar-refractivity contribution in [2.75, 3.05) is 6.61 Å². The van der Waals surface area contributed by atoms with Gasteiger partial charge in [-0.3, -0.25) is 20.4 Å². The Hall–Kier alpha value is -3.81. The monoisotopic (exact) mass is 410 g/mol. The fourth-order valence-electron chi connectivity index (χ4n) is 2.80. The van der Waals surface area contributed by atoms with Gasteiger partial charge < -0.3 is 13.9 Å². The molecule has 1 aromatic heterocycles. The molecule has 0 fully saturated rings. The highest BCUT2D eigenvalue weighted by atomic mass is 16.6. The Bertz CT molecular complexity index is 1070. The first-order valence-electron chi connectivity index (χ1n) is 9.43. The van der Waals surface area contributed by atoms with Crippen molar-refractivity contribution in [3.63, 3.8) is 0 Å². The van der Waals surface area contributed by atoms with Gasteiger partial charge in [0.25, 0.3) is 11.8 Å². The van der Waals surface area contributed by atoms with Crippen LogP contribution in [-0.2, 0) is 9.53 Å². The van der Waals surface area contributed by atoms with Gasteiger partial charge in [0.15, 0.2) is 6.10 Å². The zero-order valence-electron chi connectivity index (χ0n) is 16.9. The topological polar surface area (TPSA) is 107 Å². The molecule has 0 spiro atoms. The SMILES string of the molecule is CCOc1ccc2oc(C(=O)O[C@@H](C)C(=O)NNC(=O)c3ccccc3)c(C)c2c1. The number of amides is 2. The number of ether oxygens (including phenoxy) is 2. The first-order valence-corrected chi connectivity index (χ1v) is 9.43. The van der Waals surface area contributed by atoms with Crippen LogP contribution in [-0.4, -0.2) is 30.5 Å². The van der Waals surface area contributed by atoms with Crippen molar-refractivity contribution < 1.29 is 28.3 Å². The molecular formula is C22H22N2O6. The van der Waals surface area contributed by atoms with Crippen molar-refractivity contribution in [3.05, 3.63) is 65.4 Å². The second kappa shape index (κ2) is 9.13. The minimum atomic E-state index is -1.15. The minimum absolute atomic E-state index is 0.00613. The van der Waals surface area contributed by atoms with Gasteiger partial charge in [0.2, 0.25) is 5.76 Å². The second-order valence-corrected chi connectivity index (χ2v) is 6.50. The largest absolute Gasteiger partial charge is 0.494 e. The van der Waals surface area contributed by atoms with Crippen LogP contribution < -0.4 is 15.6 Å². The van der Waals surface area contributed by atoms with Crippen molar-refractivity contribution in [1.82, 2.24) is 10.9 Å². The summed E-state index contributed by atoms with van der Waals surface area (Å²) in [5, 5.41) is 0.722. The van der Waals surface area contributed by atoms with E-state index in [0.717, 1.165) is 5.39 Å². The molecule has 2 N–H and O–H groups in total. The summed E-state index contributed by atoms with van der Waals surface area (Å²) in [7, 11) is 0. The van der Waals surface area contributed by atoms with E-state index in [1.807, 2.05) is 6.92 Å². The van der Waals surface area contributed by atoms with Gasteiger partial charge >= 0.3 is 5.97 Å². The molecule has 2 amide bonds. The molecule has 0 saturated heterocycles. The van der Waals surface area contributed by atoms with E-state index in [1.165, 1.54) is 6.92 Å². The minimum Gasteiger partial charge on any atom is -0.494 e. The van der Waals surface area contributed by atoms with Crippen LogP contribution in [0.1, 0.15) is 40.3 Å². The molecule has 0 aliphatic carbocycles. The molecule has 30 heavy (non-hydrogen) atoms. The van der Waals surface area contributed by atoms with Crippen LogP contribution >= 0.6 is 0 Å². The van der Waals surface area contributed by atoms with Gasteiger partial charge in [-0.2, -0.15) is 0 Å². The Kier molecular flexibility index (Phi) is 6.36. The molecule has 1 atom stereocenters. The molecule has 0 aliphatic heterocycles. The first-order chi connectivity index (χ1) is 14.4. The lowest BCUT2D eigenvalue weighted by Gasteiger charge is -2.13. The Morgan fingerprint density at radius 2 is 1.80 bits per heavy atom. The fourth-order valence-corrected chi connectivity index (χ4v) is 2.80. The van der Waals surface area contributed by atoms with E-state index >= 15 is 0 Å². The van der Waals surface area contributed by atoms with Crippen molar-refractivity contribution in [2.45, 2.75) is 26.9 Å². The Morgan fingerprint density at radius 1 is 1.07 bits per heavy atom. The van der Waals surface area contributed by atoms with Crippen LogP contribution in [0.15, 0.2) is 52.9 Å². The third-order valence-corrected chi connectivity index (χ3v) is 4.39. The van der Waals surface area contributed by atoms with Gasteiger partial charge in [0.1, 0.15) is 11.3 Å². The zero-order chi connectivity index (χ0) is 21.7. The number of carbonyl (C=O) groups excluding carboxylic acids is 3. The highest BCUT2D eigenvalue weighted by molar-refractivity contribution is 5.98. The molecule has 156 valence electrons. The van der Waals surface area contributed by atoms with Gasteiger partial charge in [-0.05, 0) is 51.1 Å². The number of esters is 1. The normalized spacial score (nSPS) is 11.6. The predicted octanol–water partition coefficient (Wildman–Crippen LogP) is 3.15. The highest BCUT2D eigenvalue weighted by Gasteiger charge is 2.24. The summed E-state index contributed by atoms with van der Waals surface area (Å²) in [5.74, 6) is -1.28. The Morgan fingerprint density at radius 3 is 2.50 bits per heavy atom. The molecule has 0 unspecified atom stereocenters. The lowest BCUT2D eigenvalue weighted by atomic mass is 10.1. The molecule has 0 radical (unpaired) electrons. The van der Waals surface area contributed by atoms with E-state index in [1.54, 1.807) is 55.5 Å². The predicted molar refractivity (Wildman–Crippen MR) is 109 cm³/mol. The average Bonchev–Trinajstić information content (AvgIpc) is 3.08. The van der Waals surface area contributed by atoms with Crippen LogP contribution in [0.5, 0.6) is 5.75 Å². The van der Waals surface area contributed by atoms with Gasteiger partial charge in [0, 0.05) is 16.5 Å². The summed E-state index contributed by atoms with van der Waals surface area (Å²) in [6, 6.07) is 13.6. The van der Waals surface area contributed by atoms with Crippen LogP contribution in [0.4, 0.5) is 0 Å². The summed E-state index contributed by atoms with van der Waals surface area (Å²) in [4.78, 5) is 36.6. The van der Waals surface area contributed by atoms with Gasteiger partial charge in [-0.25, -0.2) is 4.79 Å². The zero-order valence-corrected chi connectivity index (χ0v) is 16.9. The van der Waals surface area contributed by atoms with Crippen molar-refractivity contribution in [3.8, 4) is 5.75 Å². The first kappa shape index (κ1) is 20.9. The lowest BCUT2D eigenvalue weighted by molar-refractivity contribution is -0.129. The van der Waals surface area contributed by atoms with Gasteiger partial charge in [-0.1, -0.05) is 18.2 Å². The maximum atomic E-state index is 12.5. The molecule has 0 saturated carbocycles. The smallest absolute Gasteiger partial charge is 0.375 e. The summed E-state index contributed by atoms with van der Waals surface area (Å²) < 4.78 is 16.3. The standard InChI is InChI=1S/C22H22N2O6/c1-4-28-16-10-11-18-17(12-16)13(2)19(30-18)22(27)29-14(3)20(25)23-24-21(26)15-8-6-5-7-9-15/h5-12,14H,4H2,1-3H3,(H,23,25)(H,24,26)/t14-/m0/s1. The number of aryl methyl sites for hydroxylation is 1. The molecule has 3 aromatic rings. The molecule has 2 aromatic carbocycles. The summed E-state index contributed by atoms with van der Waals surface area (Å²) in [6.45, 7) is 5.52. The summed E-state index contributed by atoms with van der Waals surface area (Å²) in [5.41, 5.74) is 5.99. The van der Waals surface area contributed by atoms with E-state index < -0.39 is 23.9 Å². The van der Waals surface area contributed by atoms with E-state index in [9.17, 15) is 14.4 Å². The van der Waals surface area contributed by atoms with Gasteiger partial charge in [0.05, 0.1) is 6.61 Å². The third-order valence-electron chi connectivity index (χ3n) is 4.39. The van der Waals surface area contributed by atoms with Crippen LogP contribution in [0, 0.1) is 6.92 Å². The average molecular weight is 410 g/mol. The van der Waals surface area contributed by atoms with Crippen LogP contribution in [0.2, 0.25) is 0 Å². The summed E-state index contributed by atoms with van der Waals surface area (Å²) >= 11 is 0. The number of fused-ring (bicyclic) bond motifs is 1. The molecule has 0 aliphatic rings. The van der Waals surface area contributed by atoms with Crippen molar-refractivity contribution in [2.24, 2.45) is 0 Å². The maximum Gasteiger partial charge on any atom is 0.375 e. The number of hydrazine groups is 1. The molecule has 8 heteroatoms. The fraction of sp³-hybridized carbons (Fsp3) is 0.227. The Balaban J connectivity index is 1.62. The van der Waals surface area contributed by atoms with E-state index in [0.29, 0.717) is 29.1 Å². The number of furan rings is 1. The van der Waals surface area contributed by atoms with Crippen LogP contribution in [0.25, 0.3) is 11.0 Å². The number of benzene rings is 2. The maximum absolute atomic E-state index is 12.5. The molecule has 8 nitrogen and oxygen atoms in total. The number of nitrogens with one attached hydrogen (secondary N) is 2. The molecular weight excluding hydrogens is 388 g/mol. The third kappa shape index (κ3) is 4.60. The lowest BCUT2D eigenvalue weighted by Crippen LogP contribution is -2.46. The van der Waals surface area contributed by atoms with E-state index in [2.05, 4.69) is 10.9 Å².